The average Bonchev–Trinajstić information content (AvgIpc) is 3.40. The first-order chi connectivity index (χ1) is 14.5. The van der Waals surface area contributed by atoms with Crippen molar-refractivity contribution in [3.63, 3.8) is 0 Å². The van der Waals surface area contributed by atoms with E-state index >= 15 is 0 Å². The van der Waals surface area contributed by atoms with Gasteiger partial charge in [0.1, 0.15) is 11.9 Å². The van der Waals surface area contributed by atoms with E-state index in [0.717, 1.165) is 22.2 Å². The summed E-state index contributed by atoms with van der Waals surface area (Å²) in [6, 6.07) is 10.2. The molecule has 0 aliphatic rings. The number of nitrogens with zero attached hydrogens (tertiary/aromatic N) is 4. The SMILES string of the molecule is CC(Oc1cc2cc(F)c(Cl)cc2nc1N)c1cc2[nH]ncc2cc1-n1cccn1. The van der Waals surface area contributed by atoms with Crippen molar-refractivity contribution in [1.82, 2.24) is 25.0 Å². The van der Waals surface area contributed by atoms with Crippen LogP contribution in [0.3, 0.4) is 0 Å². The van der Waals surface area contributed by atoms with Crippen LogP contribution in [-0.4, -0.2) is 25.0 Å². The molecule has 0 bridgehead atoms. The molecule has 2 aromatic carbocycles. The normalized spacial score (nSPS) is 12.5. The Labute approximate surface area is 175 Å². The second-order valence-corrected chi connectivity index (χ2v) is 7.32. The highest BCUT2D eigenvalue weighted by molar-refractivity contribution is 6.31. The van der Waals surface area contributed by atoms with Crippen molar-refractivity contribution in [2.24, 2.45) is 0 Å². The summed E-state index contributed by atoms with van der Waals surface area (Å²) in [6.07, 6.45) is 4.91. The van der Waals surface area contributed by atoms with E-state index in [2.05, 4.69) is 20.3 Å². The van der Waals surface area contributed by atoms with Gasteiger partial charge in [-0.1, -0.05) is 11.6 Å². The van der Waals surface area contributed by atoms with E-state index < -0.39 is 11.9 Å². The molecule has 0 fully saturated rings. The largest absolute Gasteiger partial charge is 0.482 e. The van der Waals surface area contributed by atoms with Crippen molar-refractivity contribution < 1.29 is 9.13 Å². The first-order valence-electron chi connectivity index (χ1n) is 9.18. The van der Waals surface area contributed by atoms with E-state index in [1.54, 1.807) is 23.1 Å². The maximum Gasteiger partial charge on any atom is 0.166 e. The molecule has 9 heteroatoms. The number of fused-ring (bicyclic) bond motifs is 2. The first kappa shape index (κ1) is 18.4. The van der Waals surface area contributed by atoms with Gasteiger partial charge in [-0.3, -0.25) is 5.10 Å². The average molecular weight is 423 g/mol. The van der Waals surface area contributed by atoms with E-state index in [1.807, 2.05) is 31.3 Å². The number of hydrogen-bond donors (Lipinski definition) is 2. The molecule has 3 aromatic heterocycles. The van der Waals surface area contributed by atoms with E-state index in [0.29, 0.717) is 16.7 Å². The third kappa shape index (κ3) is 3.11. The fourth-order valence-corrected chi connectivity index (χ4v) is 3.60. The monoisotopic (exact) mass is 422 g/mol. The van der Waals surface area contributed by atoms with Crippen molar-refractivity contribution in [3.8, 4) is 11.4 Å². The highest BCUT2D eigenvalue weighted by Gasteiger charge is 2.18. The van der Waals surface area contributed by atoms with Crippen LogP contribution >= 0.6 is 11.6 Å². The Bertz CT molecular complexity index is 1380. The maximum absolute atomic E-state index is 13.9. The lowest BCUT2D eigenvalue weighted by Crippen LogP contribution is -2.10. The summed E-state index contributed by atoms with van der Waals surface area (Å²) in [5.74, 6) is 0.0218. The summed E-state index contributed by atoms with van der Waals surface area (Å²) in [6.45, 7) is 1.90. The molecule has 5 rings (SSSR count). The number of nitrogen functional groups attached to an aromatic ring is 1. The van der Waals surface area contributed by atoms with Crippen LogP contribution in [0.4, 0.5) is 10.2 Å². The third-order valence-electron chi connectivity index (χ3n) is 4.93. The van der Waals surface area contributed by atoms with Gasteiger partial charge in [0.2, 0.25) is 0 Å². The highest BCUT2D eigenvalue weighted by Crippen LogP contribution is 2.34. The second-order valence-electron chi connectivity index (χ2n) is 6.91. The van der Waals surface area contributed by atoms with Crippen LogP contribution in [0.5, 0.6) is 5.75 Å². The van der Waals surface area contributed by atoms with Gasteiger partial charge in [0.15, 0.2) is 11.6 Å². The maximum atomic E-state index is 13.9. The number of H-pyrrole nitrogens is 1. The molecular weight excluding hydrogens is 407 g/mol. The number of benzene rings is 2. The van der Waals surface area contributed by atoms with Crippen LogP contribution in [0.2, 0.25) is 5.02 Å². The molecule has 1 atom stereocenters. The lowest BCUT2D eigenvalue weighted by molar-refractivity contribution is 0.227. The highest BCUT2D eigenvalue weighted by atomic mass is 35.5. The number of halogens is 2. The molecule has 1 unspecified atom stereocenters. The molecule has 0 radical (unpaired) electrons. The van der Waals surface area contributed by atoms with Crippen LogP contribution < -0.4 is 10.5 Å². The Kier molecular flexibility index (Phi) is 4.29. The van der Waals surface area contributed by atoms with Gasteiger partial charge in [-0.05, 0) is 43.3 Å². The zero-order valence-electron chi connectivity index (χ0n) is 15.8. The van der Waals surface area contributed by atoms with Crippen molar-refractivity contribution >= 4 is 39.2 Å². The van der Waals surface area contributed by atoms with Gasteiger partial charge in [-0.2, -0.15) is 10.2 Å². The molecule has 150 valence electrons. The van der Waals surface area contributed by atoms with Crippen molar-refractivity contribution in [2.75, 3.05) is 5.73 Å². The van der Waals surface area contributed by atoms with E-state index in [1.165, 1.54) is 12.1 Å². The zero-order chi connectivity index (χ0) is 20.8. The summed E-state index contributed by atoms with van der Waals surface area (Å²) in [5.41, 5.74) is 9.20. The summed E-state index contributed by atoms with van der Waals surface area (Å²) < 4.78 is 21.8. The van der Waals surface area contributed by atoms with E-state index in [9.17, 15) is 4.39 Å². The fraction of sp³-hybridized carbons (Fsp3) is 0.0952. The molecular formula is C21H16ClFN6O. The van der Waals surface area contributed by atoms with Gasteiger partial charge in [0, 0.05) is 28.7 Å². The summed E-state index contributed by atoms with van der Waals surface area (Å²) in [4.78, 5) is 4.31. The zero-order valence-corrected chi connectivity index (χ0v) is 16.6. The minimum Gasteiger partial charge on any atom is -0.482 e. The van der Waals surface area contributed by atoms with Crippen LogP contribution in [0.1, 0.15) is 18.6 Å². The van der Waals surface area contributed by atoms with Gasteiger partial charge in [0.25, 0.3) is 0 Å². The molecule has 0 amide bonds. The Morgan fingerprint density at radius 2 is 2.07 bits per heavy atom. The Morgan fingerprint density at radius 1 is 1.20 bits per heavy atom. The Balaban J connectivity index is 1.58. The number of nitrogens with one attached hydrogen (secondary N) is 1. The van der Waals surface area contributed by atoms with Crippen LogP contribution in [0.15, 0.2) is 55.0 Å². The van der Waals surface area contributed by atoms with Crippen LogP contribution in [-0.2, 0) is 0 Å². The standard InChI is InChI=1S/C21H16ClFN6O/c1-11(30-20-7-12-5-16(23)15(22)9-17(12)27-21(20)24)14-8-18-13(10-25-28-18)6-19(14)29-4-2-3-26-29/h2-11H,1H3,(H2,24,27)(H,25,28). The lowest BCUT2D eigenvalue weighted by Gasteiger charge is -2.20. The fourth-order valence-electron chi connectivity index (χ4n) is 3.44. The molecule has 0 saturated heterocycles. The number of pyridine rings is 1. The van der Waals surface area contributed by atoms with Crippen molar-refractivity contribution in [2.45, 2.75) is 13.0 Å². The van der Waals surface area contributed by atoms with Crippen LogP contribution in [0, 0.1) is 5.82 Å². The van der Waals surface area contributed by atoms with Gasteiger partial charge in [0.05, 0.1) is 27.9 Å². The predicted octanol–water partition coefficient (Wildman–Crippen LogP) is 4.81. The summed E-state index contributed by atoms with van der Waals surface area (Å²) >= 11 is 5.85. The molecule has 7 nitrogen and oxygen atoms in total. The molecule has 0 aliphatic heterocycles. The topological polar surface area (TPSA) is 94.6 Å². The van der Waals surface area contributed by atoms with Gasteiger partial charge in [-0.15, -0.1) is 0 Å². The van der Waals surface area contributed by atoms with Crippen molar-refractivity contribution in [1.29, 1.82) is 0 Å². The molecule has 3 heterocycles. The number of aromatic amines is 1. The minimum atomic E-state index is -0.527. The number of hydrogen-bond acceptors (Lipinski definition) is 5. The Morgan fingerprint density at radius 3 is 2.87 bits per heavy atom. The smallest absolute Gasteiger partial charge is 0.166 e. The number of rotatable bonds is 4. The number of aromatic nitrogens is 5. The number of anilines is 1. The molecule has 5 aromatic rings. The molecule has 0 saturated carbocycles. The molecule has 3 N–H and O–H groups in total. The molecule has 0 spiro atoms. The molecule has 30 heavy (non-hydrogen) atoms. The van der Waals surface area contributed by atoms with Crippen LogP contribution in [0.25, 0.3) is 27.5 Å². The number of ether oxygens (including phenoxy) is 1. The lowest BCUT2D eigenvalue weighted by atomic mass is 10.1. The quantitative estimate of drug-likeness (QED) is 0.433. The van der Waals surface area contributed by atoms with E-state index in [4.69, 9.17) is 22.1 Å². The Hall–Kier alpha value is -3.65. The van der Waals surface area contributed by atoms with Gasteiger partial charge in [-0.25, -0.2) is 14.1 Å². The van der Waals surface area contributed by atoms with Gasteiger partial charge >= 0.3 is 0 Å². The number of nitrogens with two attached hydrogens (primary N) is 1. The summed E-state index contributed by atoms with van der Waals surface area (Å²) in [5, 5.41) is 12.9. The first-order valence-corrected chi connectivity index (χ1v) is 9.56. The minimum absolute atomic E-state index is 0.00633. The molecule has 0 aliphatic carbocycles. The van der Waals surface area contributed by atoms with Crippen molar-refractivity contribution in [3.05, 3.63) is 71.4 Å². The van der Waals surface area contributed by atoms with E-state index in [-0.39, 0.29) is 10.8 Å². The summed E-state index contributed by atoms with van der Waals surface area (Å²) in [7, 11) is 0. The third-order valence-corrected chi connectivity index (χ3v) is 5.22. The predicted molar refractivity (Wildman–Crippen MR) is 113 cm³/mol. The van der Waals surface area contributed by atoms with Gasteiger partial charge < -0.3 is 10.5 Å². The second kappa shape index (κ2) is 7.00.